The summed E-state index contributed by atoms with van der Waals surface area (Å²) in [4.78, 5) is 76.2. The van der Waals surface area contributed by atoms with Gasteiger partial charge in [-0.1, -0.05) is 44.2 Å². The van der Waals surface area contributed by atoms with Crippen LogP contribution >= 0.6 is 0 Å². The molecule has 0 aliphatic carbocycles. The highest BCUT2D eigenvalue weighted by atomic mass is 16.5. The Morgan fingerprint density at radius 1 is 0.887 bits per heavy atom. The highest BCUT2D eigenvalue weighted by Crippen LogP contribution is 2.21. The van der Waals surface area contributed by atoms with E-state index in [0.29, 0.717) is 54.5 Å². The van der Waals surface area contributed by atoms with E-state index in [9.17, 15) is 24.0 Å². The Morgan fingerprint density at radius 2 is 1.66 bits per heavy atom. The average molecular weight is 728 g/mol. The van der Waals surface area contributed by atoms with Crippen molar-refractivity contribution in [2.75, 3.05) is 26.2 Å². The van der Waals surface area contributed by atoms with Crippen LogP contribution in [0.1, 0.15) is 64.9 Å². The number of H-pyrrole nitrogens is 1. The topological polar surface area (TPSA) is 192 Å². The molecule has 2 aromatic heterocycles. The molecule has 5 N–H and O–H groups in total. The van der Waals surface area contributed by atoms with Crippen molar-refractivity contribution in [2.24, 2.45) is 5.92 Å². The lowest BCUT2D eigenvalue weighted by Gasteiger charge is -2.25. The second-order valence-electron chi connectivity index (χ2n) is 13.7. The molecule has 4 aromatic rings. The molecule has 3 atom stereocenters. The number of nitrogens with zero attached hydrogens (tertiary/aromatic N) is 4. The first-order valence-corrected chi connectivity index (χ1v) is 18.1. The van der Waals surface area contributed by atoms with Gasteiger partial charge in [0.05, 0.1) is 19.2 Å². The van der Waals surface area contributed by atoms with E-state index in [2.05, 4.69) is 31.3 Å². The van der Waals surface area contributed by atoms with Gasteiger partial charge in [0.2, 0.25) is 23.6 Å². The van der Waals surface area contributed by atoms with Gasteiger partial charge in [-0.2, -0.15) is 5.10 Å². The van der Waals surface area contributed by atoms with Crippen LogP contribution in [0.5, 0.6) is 5.75 Å². The number of ether oxygens (including phenoxy) is 1. The number of aromatic nitrogens is 4. The summed E-state index contributed by atoms with van der Waals surface area (Å²) < 4.78 is 7.11. The van der Waals surface area contributed by atoms with Gasteiger partial charge in [0.25, 0.3) is 5.56 Å². The molecule has 2 aromatic carbocycles. The molecule has 15 heteroatoms. The van der Waals surface area contributed by atoms with Crippen molar-refractivity contribution in [2.45, 2.75) is 78.7 Å². The van der Waals surface area contributed by atoms with Gasteiger partial charge < -0.3 is 31.0 Å². The molecule has 1 aliphatic heterocycles. The van der Waals surface area contributed by atoms with Crippen LogP contribution in [0.2, 0.25) is 0 Å². The zero-order valence-corrected chi connectivity index (χ0v) is 30.9. The first kappa shape index (κ1) is 38.7. The number of carbonyl (C=O) groups is 4. The molecule has 1 aliphatic rings. The normalized spacial score (nSPS) is 20.0. The largest absolute Gasteiger partial charge is 0.494 e. The van der Waals surface area contributed by atoms with Crippen LogP contribution in [-0.4, -0.2) is 86.6 Å². The standard InChI is InChI=1S/C38H49N9O6/c1-6-53-29-13-14-30-27(19-29)18-28(37(51)42-30)20-46-16-10-15-39-32(48)22-47-35(44-34(45-47)26-11-8-7-9-12-26)24(4)41-38(52)31(17-23(2)3)43-36(50)25(5)40-33(49)21-46/h7-9,11-14,18-19,23-25,31H,6,10,15-17,20-22H2,1-5H3,(H,39,48)(H,40,49)(H,41,52)(H,42,51)(H,43,50)/t24-,25+,31+/m0/s1. The number of benzene rings is 2. The van der Waals surface area contributed by atoms with Gasteiger partial charge >= 0.3 is 0 Å². The molecule has 15 nitrogen and oxygen atoms in total. The van der Waals surface area contributed by atoms with Gasteiger partial charge in [-0.25, -0.2) is 9.67 Å². The molecule has 0 saturated heterocycles. The van der Waals surface area contributed by atoms with Gasteiger partial charge in [-0.05, 0) is 63.8 Å². The van der Waals surface area contributed by atoms with E-state index in [1.54, 1.807) is 36.9 Å². The van der Waals surface area contributed by atoms with E-state index in [1.807, 2.05) is 57.2 Å². The number of amides is 4. The highest BCUT2D eigenvalue weighted by Gasteiger charge is 2.29. The van der Waals surface area contributed by atoms with Crippen LogP contribution in [0.4, 0.5) is 0 Å². The summed E-state index contributed by atoms with van der Waals surface area (Å²) >= 11 is 0. The molecule has 0 spiro atoms. The van der Waals surface area contributed by atoms with Gasteiger partial charge in [-0.3, -0.25) is 28.9 Å². The predicted molar refractivity (Wildman–Crippen MR) is 200 cm³/mol. The quantitative estimate of drug-likeness (QED) is 0.190. The highest BCUT2D eigenvalue weighted by molar-refractivity contribution is 5.92. The number of fused-ring (bicyclic) bond motifs is 2. The Morgan fingerprint density at radius 3 is 2.40 bits per heavy atom. The van der Waals surface area contributed by atoms with E-state index >= 15 is 0 Å². The van der Waals surface area contributed by atoms with E-state index in [0.717, 1.165) is 10.9 Å². The van der Waals surface area contributed by atoms with Crippen molar-refractivity contribution in [1.82, 2.24) is 45.9 Å². The molecule has 53 heavy (non-hydrogen) atoms. The van der Waals surface area contributed by atoms with Gasteiger partial charge in [0, 0.05) is 41.7 Å². The van der Waals surface area contributed by atoms with Crippen molar-refractivity contribution in [3.63, 3.8) is 0 Å². The first-order chi connectivity index (χ1) is 25.4. The maximum atomic E-state index is 13.7. The summed E-state index contributed by atoms with van der Waals surface area (Å²) in [6, 6.07) is 14.0. The Kier molecular flexibility index (Phi) is 13.0. The van der Waals surface area contributed by atoms with Crippen molar-refractivity contribution in [3.8, 4) is 17.1 Å². The number of aromatic amines is 1. The average Bonchev–Trinajstić information content (AvgIpc) is 3.53. The number of carbonyl (C=O) groups excluding carboxylic acids is 4. The molecular formula is C38H49N9O6. The summed E-state index contributed by atoms with van der Waals surface area (Å²) in [6.45, 7) is 10.1. The molecule has 0 unspecified atom stereocenters. The van der Waals surface area contributed by atoms with Crippen LogP contribution in [0.15, 0.2) is 59.4 Å². The fraction of sp³-hybridized carbons (Fsp3) is 0.447. The summed E-state index contributed by atoms with van der Waals surface area (Å²) in [6.07, 6.45) is 0.799. The molecule has 0 radical (unpaired) electrons. The fourth-order valence-electron chi connectivity index (χ4n) is 6.22. The molecule has 4 amide bonds. The molecule has 3 heterocycles. The van der Waals surface area contributed by atoms with E-state index in [-0.39, 0.29) is 43.6 Å². The molecule has 0 saturated carbocycles. The fourth-order valence-corrected chi connectivity index (χ4v) is 6.22. The predicted octanol–water partition coefficient (Wildman–Crippen LogP) is 2.42. The third-order valence-corrected chi connectivity index (χ3v) is 8.82. The van der Waals surface area contributed by atoms with E-state index in [1.165, 1.54) is 4.68 Å². The number of hydrogen-bond acceptors (Lipinski definition) is 9. The molecular weight excluding hydrogens is 678 g/mol. The minimum absolute atomic E-state index is 0.0578. The smallest absolute Gasteiger partial charge is 0.252 e. The van der Waals surface area contributed by atoms with Crippen LogP contribution < -0.4 is 31.6 Å². The monoisotopic (exact) mass is 727 g/mol. The van der Waals surface area contributed by atoms with Crippen LogP contribution in [0.3, 0.4) is 0 Å². The zero-order chi connectivity index (χ0) is 38.1. The van der Waals surface area contributed by atoms with Gasteiger partial charge in [0.15, 0.2) is 5.82 Å². The van der Waals surface area contributed by atoms with Crippen LogP contribution in [-0.2, 0) is 32.3 Å². The maximum absolute atomic E-state index is 13.7. The summed E-state index contributed by atoms with van der Waals surface area (Å²) in [5, 5.41) is 16.8. The summed E-state index contributed by atoms with van der Waals surface area (Å²) in [7, 11) is 0. The number of hydrogen-bond donors (Lipinski definition) is 5. The second kappa shape index (κ2) is 17.8. The summed E-state index contributed by atoms with van der Waals surface area (Å²) in [5.74, 6) is -0.191. The van der Waals surface area contributed by atoms with Crippen LogP contribution in [0, 0.1) is 5.92 Å². The lowest BCUT2D eigenvalue weighted by atomic mass is 10.0. The maximum Gasteiger partial charge on any atom is 0.252 e. The van der Waals surface area contributed by atoms with Crippen molar-refractivity contribution < 1.29 is 23.9 Å². The number of pyridine rings is 1. The zero-order valence-electron chi connectivity index (χ0n) is 30.9. The molecule has 5 rings (SSSR count). The molecule has 282 valence electrons. The SMILES string of the molecule is CCOc1ccc2[nH]c(=O)c(CN3CCCNC(=O)Cn4nc(-c5ccccc5)nc4[C@H](C)NC(=O)[C@@H](CC(C)C)NC(=O)[C@@H](C)NC(=O)C3)cc2c1. The Balaban J connectivity index is 1.42. The van der Waals surface area contributed by atoms with Crippen LogP contribution in [0.25, 0.3) is 22.3 Å². The van der Waals surface area contributed by atoms with Crippen molar-refractivity contribution in [1.29, 1.82) is 0 Å². The third kappa shape index (κ3) is 10.5. The van der Waals surface area contributed by atoms with Gasteiger partial charge in [-0.15, -0.1) is 0 Å². The molecule has 0 fully saturated rings. The molecule has 0 bridgehead atoms. The minimum atomic E-state index is -0.955. The van der Waals surface area contributed by atoms with E-state index < -0.39 is 35.8 Å². The Labute approximate surface area is 308 Å². The number of rotatable bonds is 7. The minimum Gasteiger partial charge on any atom is -0.494 e. The third-order valence-electron chi connectivity index (χ3n) is 8.82. The lowest BCUT2D eigenvalue weighted by Crippen LogP contribution is -2.54. The summed E-state index contributed by atoms with van der Waals surface area (Å²) in [5.41, 5.74) is 1.56. The van der Waals surface area contributed by atoms with Crippen molar-refractivity contribution in [3.05, 3.63) is 76.3 Å². The Hall–Kier alpha value is -5.57. The number of nitrogens with one attached hydrogen (secondary N) is 5. The first-order valence-electron chi connectivity index (χ1n) is 18.1. The van der Waals surface area contributed by atoms with Crippen molar-refractivity contribution >= 4 is 34.5 Å². The Bertz CT molecular complexity index is 1980. The van der Waals surface area contributed by atoms with E-state index in [4.69, 9.17) is 9.72 Å². The van der Waals surface area contributed by atoms with Gasteiger partial charge in [0.1, 0.15) is 30.2 Å². The second-order valence-corrected chi connectivity index (χ2v) is 13.7. The lowest BCUT2D eigenvalue weighted by molar-refractivity contribution is -0.132.